The molecule has 4 rings (SSSR count). The minimum atomic E-state index is -0.302. The van der Waals surface area contributed by atoms with Gasteiger partial charge in [0.2, 0.25) is 5.91 Å². The number of nitrogens with zero attached hydrogens (tertiary/aromatic N) is 3. The number of aryl methyl sites for hydroxylation is 1. The van der Waals surface area contributed by atoms with Crippen molar-refractivity contribution in [3.8, 4) is 0 Å². The lowest BCUT2D eigenvalue weighted by Crippen LogP contribution is -2.48. The first-order chi connectivity index (χ1) is 16.0. The summed E-state index contributed by atoms with van der Waals surface area (Å²) in [5.41, 5.74) is 3.83. The van der Waals surface area contributed by atoms with Crippen molar-refractivity contribution in [3.63, 3.8) is 0 Å². The zero-order chi connectivity index (χ0) is 23.2. The van der Waals surface area contributed by atoms with Gasteiger partial charge in [0, 0.05) is 37.9 Å². The molecule has 1 unspecified atom stereocenters. The number of para-hydroxylation sites is 1. The average molecular weight is 443 g/mol. The van der Waals surface area contributed by atoms with Crippen LogP contribution in [0.15, 0.2) is 79.0 Å². The maximum Gasteiger partial charge on any atom is 0.324 e. The number of rotatable bonds is 5. The van der Waals surface area contributed by atoms with Gasteiger partial charge >= 0.3 is 6.03 Å². The number of amides is 3. The molecular formula is C27H30N4O2. The number of anilines is 1. The standard InChI is InChI=1S/C27H30N4O2/c1-20-10-6-7-13-23(20)25(24-14-8-9-17-28-24)29-26(32)21-15-18-31(19-16-21)27(33)30(2)22-11-4-3-5-12-22/h3-14,17,21,25H,15-16,18-19H2,1-2H3,(H,29,32). The van der Waals surface area contributed by atoms with Crippen LogP contribution in [0.3, 0.4) is 0 Å². The molecule has 1 aromatic heterocycles. The summed E-state index contributed by atoms with van der Waals surface area (Å²) < 4.78 is 0. The van der Waals surface area contributed by atoms with E-state index in [9.17, 15) is 9.59 Å². The number of urea groups is 1. The van der Waals surface area contributed by atoms with E-state index in [0.717, 1.165) is 22.5 Å². The smallest absolute Gasteiger partial charge is 0.324 e. The van der Waals surface area contributed by atoms with Gasteiger partial charge in [-0.05, 0) is 55.2 Å². The Morgan fingerprint density at radius 1 is 0.970 bits per heavy atom. The number of nitrogens with one attached hydrogen (secondary N) is 1. The van der Waals surface area contributed by atoms with E-state index in [4.69, 9.17) is 0 Å². The first kappa shape index (κ1) is 22.5. The summed E-state index contributed by atoms with van der Waals surface area (Å²) >= 11 is 0. The fourth-order valence-corrected chi connectivity index (χ4v) is 4.34. The lowest BCUT2D eigenvalue weighted by atomic mass is 9.93. The molecule has 0 saturated carbocycles. The maximum absolute atomic E-state index is 13.2. The number of aromatic nitrogens is 1. The second-order valence-electron chi connectivity index (χ2n) is 8.49. The molecule has 1 aliphatic rings. The molecule has 3 aromatic rings. The highest BCUT2D eigenvalue weighted by Gasteiger charge is 2.31. The summed E-state index contributed by atoms with van der Waals surface area (Å²) in [6.45, 7) is 3.17. The van der Waals surface area contributed by atoms with Crippen LogP contribution in [0.4, 0.5) is 10.5 Å². The molecule has 6 nitrogen and oxygen atoms in total. The predicted molar refractivity (Wildman–Crippen MR) is 130 cm³/mol. The van der Waals surface area contributed by atoms with Gasteiger partial charge in [-0.1, -0.05) is 48.5 Å². The number of pyridine rings is 1. The highest BCUT2D eigenvalue weighted by Crippen LogP contribution is 2.26. The van der Waals surface area contributed by atoms with Gasteiger partial charge in [-0.15, -0.1) is 0 Å². The van der Waals surface area contributed by atoms with Crippen molar-refractivity contribution in [1.29, 1.82) is 0 Å². The number of piperidine rings is 1. The SMILES string of the molecule is Cc1ccccc1C(NC(=O)C1CCN(C(=O)N(C)c2ccccc2)CC1)c1ccccn1. The van der Waals surface area contributed by atoms with Gasteiger partial charge < -0.3 is 10.2 Å². The number of carbonyl (C=O) groups excluding carboxylic acids is 2. The van der Waals surface area contributed by atoms with Crippen molar-refractivity contribution < 1.29 is 9.59 Å². The number of hydrogen-bond acceptors (Lipinski definition) is 3. The van der Waals surface area contributed by atoms with E-state index in [1.807, 2.05) is 84.6 Å². The second kappa shape index (κ2) is 10.3. The molecule has 0 radical (unpaired) electrons. The summed E-state index contributed by atoms with van der Waals surface area (Å²) in [5.74, 6) is -0.122. The third kappa shape index (κ3) is 5.22. The van der Waals surface area contributed by atoms with Crippen molar-refractivity contribution in [2.75, 3.05) is 25.0 Å². The summed E-state index contributed by atoms with van der Waals surface area (Å²) in [4.78, 5) is 34.1. The third-order valence-electron chi connectivity index (χ3n) is 6.34. The van der Waals surface area contributed by atoms with E-state index >= 15 is 0 Å². The lowest BCUT2D eigenvalue weighted by Gasteiger charge is -2.34. The van der Waals surface area contributed by atoms with Crippen LogP contribution in [-0.2, 0) is 4.79 Å². The van der Waals surface area contributed by atoms with Crippen molar-refractivity contribution in [2.45, 2.75) is 25.8 Å². The Hall–Kier alpha value is -3.67. The molecule has 2 heterocycles. The van der Waals surface area contributed by atoms with Crippen LogP contribution in [0.25, 0.3) is 0 Å². The molecule has 3 amide bonds. The summed E-state index contributed by atoms with van der Waals surface area (Å²) in [6.07, 6.45) is 3.03. The molecule has 33 heavy (non-hydrogen) atoms. The van der Waals surface area contributed by atoms with Crippen LogP contribution < -0.4 is 10.2 Å². The summed E-state index contributed by atoms with van der Waals surface area (Å²) in [6, 6.07) is 23.1. The van der Waals surface area contributed by atoms with E-state index < -0.39 is 0 Å². The number of benzene rings is 2. The van der Waals surface area contributed by atoms with Crippen LogP contribution in [-0.4, -0.2) is 42.0 Å². The highest BCUT2D eigenvalue weighted by molar-refractivity contribution is 5.91. The molecule has 1 N–H and O–H groups in total. The van der Waals surface area contributed by atoms with Crippen LogP contribution >= 0.6 is 0 Å². The lowest BCUT2D eigenvalue weighted by molar-refractivity contribution is -0.126. The van der Waals surface area contributed by atoms with Crippen molar-refractivity contribution in [1.82, 2.24) is 15.2 Å². The minimum absolute atomic E-state index is 0.0115. The first-order valence-electron chi connectivity index (χ1n) is 11.4. The monoisotopic (exact) mass is 442 g/mol. The maximum atomic E-state index is 13.2. The quantitative estimate of drug-likeness (QED) is 0.630. The zero-order valence-corrected chi connectivity index (χ0v) is 19.1. The van der Waals surface area contributed by atoms with Gasteiger partial charge in [-0.3, -0.25) is 14.7 Å². The van der Waals surface area contributed by atoms with Crippen LogP contribution in [0.2, 0.25) is 0 Å². The van der Waals surface area contributed by atoms with Gasteiger partial charge in [0.1, 0.15) is 0 Å². The second-order valence-corrected chi connectivity index (χ2v) is 8.49. The molecule has 6 heteroatoms. The fourth-order valence-electron chi connectivity index (χ4n) is 4.34. The van der Waals surface area contributed by atoms with E-state index in [1.54, 1.807) is 18.1 Å². The number of carbonyl (C=O) groups is 2. The molecule has 0 bridgehead atoms. The van der Waals surface area contributed by atoms with Crippen LogP contribution in [0.5, 0.6) is 0 Å². The Balaban J connectivity index is 1.41. The Bertz CT molecular complexity index is 1080. The Kier molecular flexibility index (Phi) is 7.03. The van der Waals surface area contributed by atoms with Crippen LogP contribution in [0.1, 0.15) is 35.7 Å². The highest BCUT2D eigenvalue weighted by atomic mass is 16.2. The van der Waals surface area contributed by atoms with Gasteiger partial charge in [-0.2, -0.15) is 0 Å². The summed E-state index contributed by atoms with van der Waals surface area (Å²) in [5, 5.41) is 3.24. The van der Waals surface area contributed by atoms with E-state index in [0.29, 0.717) is 25.9 Å². The minimum Gasteiger partial charge on any atom is -0.343 e. The third-order valence-corrected chi connectivity index (χ3v) is 6.34. The van der Waals surface area contributed by atoms with Gasteiger partial charge in [0.15, 0.2) is 0 Å². The van der Waals surface area contributed by atoms with Crippen LogP contribution in [0, 0.1) is 12.8 Å². The molecule has 2 aromatic carbocycles. The topological polar surface area (TPSA) is 65.5 Å². The van der Waals surface area contributed by atoms with Gasteiger partial charge in [0.05, 0.1) is 11.7 Å². The number of likely N-dealkylation sites (tertiary alicyclic amines) is 1. The van der Waals surface area contributed by atoms with Gasteiger partial charge in [-0.25, -0.2) is 4.79 Å². The molecule has 1 fully saturated rings. The molecule has 0 spiro atoms. The average Bonchev–Trinajstić information content (AvgIpc) is 2.88. The van der Waals surface area contributed by atoms with E-state index in [2.05, 4.69) is 10.3 Å². The largest absolute Gasteiger partial charge is 0.343 e. The Morgan fingerprint density at radius 3 is 2.30 bits per heavy atom. The molecule has 170 valence electrons. The molecule has 0 aliphatic carbocycles. The van der Waals surface area contributed by atoms with E-state index in [1.165, 1.54) is 0 Å². The van der Waals surface area contributed by atoms with Gasteiger partial charge in [0.25, 0.3) is 0 Å². The fraction of sp³-hybridized carbons (Fsp3) is 0.296. The summed E-state index contributed by atoms with van der Waals surface area (Å²) in [7, 11) is 1.79. The Labute approximate surface area is 195 Å². The van der Waals surface area contributed by atoms with Crippen molar-refractivity contribution in [3.05, 3.63) is 95.8 Å². The molecule has 1 atom stereocenters. The molecule has 1 saturated heterocycles. The first-order valence-corrected chi connectivity index (χ1v) is 11.4. The predicted octanol–water partition coefficient (Wildman–Crippen LogP) is 4.56. The number of hydrogen-bond donors (Lipinski definition) is 1. The molecule has 1 aliphatic heterocycles. The Morgan fingerprint density at radius 2 is 1.64 bits per heavy atom. The zero-order valence-electron chi connectivity index (χ0n) is 19.1. The van der Waals surface area contributed by atoms with Crippen molar-refractivity contribution >= 4 is 17.6 Å². The van der Waals surface area contributed by atoms with E-state index in [-0.39, 0.29) is 23.9 Å². The normalized spacial score (nSPS) is 15.0. The van der Waals surface area contributed by atoms with Crippen molar-refractivity contribution in [2.24, 2.45) is 5.92 Å². The molecular weight excluding hydrogens is 412 g/mol.